The Bertz CT molecular complexity index is 722. The highest BCUT2D eigenvalue weighted by molar-refractivity contribution is 7.07. The van der Waals surface area contributed by atoms with Crippen LogP contribution in [0.2, 0.25) is 0 Å². The highest BCUT2D eigenvalue weighted by atomic mass is 32.1. The molecule has 12 heteroatoms. The average molecular weight is 480 g/mol. The zero-order valence-corrected chi connectivity index (χ0v) is 18.7. The molecule has 8 N–H and O–H groups in total. The number of alkyl halides is 3. The Morgan fingerprint density at radius 2 is 1.66 bits per heavy atom. The van der Waals surface area contributed by atoms with Crippen LogP contribution in [0, 0.1) is 0 Å². The van der Waals surface area contributed by atoms with Crippen molar-refractivity contribution in [3.63, 3.8) is 0 Å². The molecule has 182 valence electrons. The summed E-state index contributed by atoms with van der Waals surface area (Å²) in [4.78, 5) is 20.2. The molecule has 0 atom stereocenters. The lowest BCUT2D eigenvalue weighted by Gasteiger charge is -2.23. The number of hydrogen-bond acceptors (Lipinski definition) is 7. The molecule has 8 nitrogen and oxygen atoms in total. The van der Waals surface area contributed by atoms with E-state index >= 15 is 0 Å². The number of rotatable bonds is 7. The van der Waals surface area contributed by atoms with Gasteiger partial charge in [-0.25, -0.2) is 10.6 Å². The molecule has 0 saturated heterocycles. The minimum atomic E-state index is -5.08. The molecule has 0 radical (unpaired) electrons. The van der Waals surface area contributed by atoms with Gasteiger partial charge in [-0.3, -0.25) is 4.79 Å². The number of carbonyl (C=O) groups excluding carboxylic acids is 1. The normalized spacial score (nSPS) is 17.2. The number of nitrogens with zero attached hydrogens (tertiary/aromatic N) is 1. The van der Waals surface area contributed by atoms with Crippen molar-refractivity contribution in [2.45, 2.75) is 69.6 Å². The smallest absolute Gasteiger partial charge is 0.475 e. The van der Waals surface area contributed by atoms with E-state index in [4.69, 9.17) is 27.2 Å². The molecule has 1 aromatic rings. The van der Waals surface area contributed by atoms with Crippen LogP contribution in [0.1, 0.15) is 56.9 Å². The Morgan fingerprint density at radius 1 is 1.16 bits per heavy atom. The summed E-state index contributed by atoms with van der Waals surface area (Å²) in [6.07, 6.45) is 6.87. The monoisotopic (exact) mass is 479 g/mol. The van der Waals surface area contributed by atoms with Gasteiger partial charge in [0.15, 0.2) is 0 Å². The second-order valence-electron chi connectivity index (χ2n) is 7.67. The number of nitrogens with one attached hydrogen (secondary N) is 1. The first-order valence-electron chi connectivity index (χ1n) is 10.3. The molecule has 0 bridgehead atoms. The van der Waals surface area contributed by atoms with Crippen molar-refractivity contribution in [3.05, 3.63) is 34.3 Å². The van der Waals surface area contributed by atoms with Gasteiger partial charge in [-0.15, -0.1) is 0 Å². The maximum atomic E-state index is 11.3. The number of carboxylic acid groups (broad SMARTS) is 1. The van der Waals surface area contributed by atoms with Crippen LogP contribution in [0.25, 0.3) is 0 Å². The van der Waals surface area contributed by atoms with Gasteiger partial charge in [0, 0.05) is 25.0 Å². The highest BCUT2D eigenvalue weighted by Gasteiger charge is 2.52. The lowest BCUT2D eigenvalue weighted by molar-refractivity contribution is -0.192. The molecule has 2 aliphatic rings. The number of carbonyl (C=O) groups is 2. The maximum absolute atomic E-state index is 11.3. The van der Waals surface area contributed by atoms with Gasteiger partial charge in [-0.1, -0.05) is 38.5 Å². The van der Waals surface area contributed by atoms with E-state index in [0.29, 0.717) is 25.1 Å². The number of primary amides is 1. The van der Waals surface area contributed by atoms with E-state index < -0.39 is 23.6 Å². The molecule has 2 saturated carbocycles. The van der Waals surface area contributed by atoms with Gasteiger partial charge in [0.05, 0.1) is 0 Å². The van der Waals surface area contributed by atoms with Gasteiger partial charge in [0.25, 0.3) is 0 Å². The van der Waals surface area contributed by atoms with Crippen LogP contribution in [-0.4, -0.2) is 40.3 Å². The van der Waals surface area contributed by atoms with Crippen LogP contribution < -0.4 is 22.6 Å². The lowest BCUT2D eigenvalue weighted by Crippen LogP contribution is -2.48. The molecule has 0 aromatic carbocycles. The van der Waals surface area contributed by atoms with E-state index in [9.17, 15) is 18.0 Å². The van der Waals surface area contributed by atoms with E-state index in [1.807, 2.05) is 5.38 Å². The van der Waals surface area contributed by atoms with Crippen LogP contribution in [0.3, 0.4) is 0 Å². The first-order chi connectivity index (χ1) is 15.0. The fraction of sp³-hybridized carbons (Fsp3) is 0.600. The number of hydrazine groups is 1. The second-order valence-corrected chi connectivity index (χ2v) is 8.45. The summed E-state index contributed by atoms with van der Waals surface area (Å²) < 4.78 is 31.7. The van der Waals surface area contributed by atoms with Crippen molar-refractivity contribution in [1.29, 1.82) is 0 Å². The van der Waals surface area contributed by atoms with Crippen molar-refractivity contribution in [2.75, 3.05) is 6.54 Å². The third-order valence-corrected chi connectivity index (χ3v) is 5.69. The molecule has 0 spiro atoms. The molecule has 0 aliphatic heterocycles. The first kappa shape index (κ1) is 27.7. The largest absolute Gasteiger partial charge is 0.490 e. The third kappa shape index (κ3) is 10.3. The fourth-order valence-corrected chi connectivity index (χ4v) is 3.57. The Labute approximate surface area is 189 Å². The summed E-state index contributed by atoms with van der Waals surface area (Å²) in [7, 11) is 0. The SMILES string of the molecule is C1CCCCC1.NC(=O)C1(N(N)/C=C(\N)CNCc2ccsc2)CC1.O=C(O)C(F)(F)F. The number of halogens is 3. The van der Waals surface area contributed by atoms with Gasteiger partial charge in [-0.05, 0) is 35.2 Å². The number of carboxylic acids is 1. The quantitative estimate of drug-likeness (QED) is 0.298. The molecule has 3 rings (SSSR count). The Kier molecular flexibility index (Phi) is 11.5. The fourth-order valence-electron chi connectivity index (χ4n) is 2.90. The van der Waals surface area contributed by atoms with Crippen LogP contribution in [-0.2, 0) is 16.1 Å². The third-order valence-electron chi connectivity index (χ3n) is 4.96. The Balaban J connectivity index is 0.000000321. The molecule has 1 heterocycles. The van der Waals surface area contributed by atoms with Gasteiger partial charge >= 0.3 is 12.1 Å². The van der Waals surface area contributed by atoms with Crippen molar-refractivity contribution in [3.8, 4) is 0 Å². The zero-order valence-electron chi connectivity index (χ0n) is 17.9. The Morgan fingerprint density at radius 3 is 2.00 bits per heavy atom. The van der Waals surface area contributed by atoms with Crippen molar-refractivity contribution < 1.29 is 27.9 Å². The zero-order chi connectivity index (χ0) is 24.2. The summed E-state index contributed by atoms with van der Waals surface area (Å²) in [5.74, 6) is 2.68. The van der Waals surface area contributed by atoms with Crippen LogP contribution >= 0.6 is 11.3 Å². The van der Waals surface area contributed by atoms with Crippen molar-refractivity contribution in [2.24, 2.45) is 17.3 Å². The van der Waals surface area contributed by atoms with Gasteiger partial charge in [0.2, 0.25) is 5.91 Å². The van der Waals surface area contributed by atoms with Crippen LogP contribution in [0.4, 0.5) is 13.2 Å². The first-order valence-corrected chi connectivity index (χ1v) is 11.3. The summed E-state index contributed by atoms with van der Waals surface area (Å²) in [5.41, 5.74) is 12.3. The number of aliphatic carboxylic acids is 1. The average Bonchev–Trinajstić information content (AvgIpc) is 3.40. The van der Waals surface area contributed by atoms with Gasteiger partial charge in [0.1, 0.15) is 5.54 Å². The molecule has 0 unspecified atom stereocenters. The number of amides is 1. The predicted molar refractivity (Wildman–Crippen MR) is 117 cm³/mol. The maximum Gasteiger partial charge on any atom is 0.490 e. The molecule has 2 fully saturated rings. The van der Waals surface area contributed by atoms with E-state index in [1.165, 1.54) is 49.1 Å². The summed E-state index contributed by atoms with van der Waals surface area (Å²) >= 11 is 1.66. The number of hydrogen-bond donors (Lipinski definition) is 5. The summed E-state index contributed by atoms with van der Waals surface area (Å²) in [6.45, 7) is 1.27. The van der Waals surface area contributed by atoms with Crippen molar-refractivity contribution >= 4 is 23.2 Å². The molecular weight excluding hydrogens is 447 g/mol. The molecular formula is C20H32F3N5O3S. The highest BCUT2D eigenvalue weighted by Crippen LogP contribution is 2.39. The van der Waals surface area contributed by atoms with E-state index in [1.54, 1.807) is 17.5 Å². The standard InChI is InChI=1S/C12H19N5OS.C6H12.C2HF3O2/c13-10(6-16-5-9-1-4-19-8-9)7-17(15)12(2-3-12)11(14)18;1-2-4-6-5-3-1;3-2(4,5)1(6)7/h1,4,7-8,16H,2-3,5-6,13,15H2,(H2,14,18);1-6H2;(H,6,7)/b10-7-;;. The number of nitrogens with two attached hydrogens (primary N) is 3. The van der Waals surface area contributed by atoms with E-state index in [0.717, 1.165) is 6.54 Å². The summed E-state index contributed by atoms with van der Waals surface area (Å²) in [6, 6.07) is 2.05. The lowest BCUT2D eigenvalue weighted by atomic mass is 10.0. The van der Waals surface area contributed by atoms with E-state index in [2.05, 4.69) is 16.8 Å². The van der Waals surface area contributed by atoms with Crippen LogP contribution in [0.5, 0.6) is 0 Å². The van der Waals surface area contributed by atoms with Gasteiger partial charge < -0.3 is 26.9 Å². The molecule has 2 aliphatic carbocycles. The minimum absolute atomic E-state index is 0.398. The predicted octanol–water partition coefficient (Wildman–Crippen LogP) is 2.81. The molecule has 1 aromatic heterocycles. The van der Waals surface area contributed by atoms with Gasteiger partial charge in [-0.2, -0.15) is 24.5 Å². The minimum Gasteiger partial charge on any atom is -0.475 e. The topological polar surface area (TPSA) is 148 Å². The molecule has 1 amide bonds. The van der Waals surface area contributed by atoms with E-state index in [-0.39, 0.29) is 0 Å². The molecule has 32 heavy (non-hydrogen) atoms. The number of thiophene rings is 1. The Hall–Kier alpha value is -2.31. The summed E-state index contributed by atoms with van der Waals surface area (Å²) in [5, 5.41) is 15.8. The second kappa shape index (κ2) is 13.3. The van der Waals surface area contributed by atoms with Crippen LogP contribution in [0.15, 0.2) is 28.7 Å². The van der Waals surface area contributed by atoms with Crippen molar-refractivity contribution in [1.82, 2.24) is 10.3 Å².